The lowest BCUT2D eigenvalue weighted by atomic mass is 10.1. The molecule has 0 aliphatic carbocycles. The number of cyclic esters (lactones) is 1. The summed E-state index contributed by atoms with van der Waals surface area (Å²) in [6.45, 7) is 3.61. The van der Waals surface area contributed by atoms with Crippen LogP contribution in [0.2, 0.25) is 5.02 Å². The number of imide groups is 1. The van der Waals surface area contributed by atoms with Crippen molar-refractivity contribution in [3.63, 3.8) is 0 Å². The normalized spacial score (nSPS) is 17.3. The highest BCUT2D eigenvalue weighted by Crippen LogP contribution is 2.38. The Labute approximate surface area is 141 Å². The molecule has 8 heteroatoms. The quantitative estimate of drug-likeness (QED) is 0.683. The molecule has 0 N–H and O–H groups in total. The largest absolute Gasteiger partial charge is 0.427 e. The summed E-state index contributed by atoms with van der Waals surface area (Å²) < 4.78 is 43.5. The Hall–Kier alpha value is -2.02. The zero-order valence-electron chi connectivity index (χ0n) is 13.0. The third-order valence-electron chi connectivity index (χ3n) is 3.58. The summed E-state index contributed by atoms with van der Waals surface area (Å²) in [6.07, 6.45) is -3.45. The minimum Gasteiger partial charge on any atom is -0.404 e. The number of ether oxygens (including phenoxy) is 1. The maximum absolute atomic E-state index is 12.9. The van der Waals surface area contributed by atoms with Crippen LogP contribution in [0.1, 0.15) is 38.7 Å². The third kappa shape index (κ3) is 3.56. The molecule has 0 aromatic heterocycles. The number of nitrogens with zero attached hydrogens (tertiary/aromatic N) is 1. The number of amides is 2. The van der Waals surface area contributed by atoms with Gasteiger partial charge in [0.05, 0.1) is 16.3 Å². The monoisotopic (exact) mass is 361 g/mol. The zero-order chi connectivity index (χ0) is 18.1. The predicted molar refractivity (Wildman–Crippen MR) is 82.6 cm³/mol. The Morgan fingerprint density at radius 1 is 1.29 bits per heavy atom. The van der Waals surface area contributed by atoms with Gasteiger partial charge in [0.1, 0.15) is 0 Å². The lowest BCUT2D eigenvalue weighted by molar-refractivity contribution is -0.137. The van der Waals surface area contributed by atoms with Crippen LogP contribution in [0.3, 0.4) is 0 Å². The molecular formula is C16H15ClF3NO3. The predicted octanol–water partition coefficient (Wildman–Crippen LogP) is 5.31. The number of allylic oxidation sites excluding steroid dienone is 1. The molecule has 130 valence electrons. The molecule has 0 saturated carbocycles. The molecule has 1 aromatic carbocycles. The van der Waals surface area contributed by atoms with Crippen LogP contribution in [0.5, 0.6) is 0 Å². The summed E-state index contributed by atoms with van der Waals surface area (Å²) in [5.41, 5.74) is -0.789. The summed E-state index contributed by atoms with van der Waals surface area (Å²) in [7, 11) is 0. The van der Waals surface area contributed by atoms with E-state index < -0.39 is 23.7 Å². The van der Waals surface area contributed by atoms with Gasteiger partial charge in [0.15, 0.2) is 5.76 Å². The highest BCUT2D eigenvalue weighted by Gasteiger charge is 2.41. The van der Waals surface area contributed by atoms with Gasteiger partial charge in [0.2, 0.25) is 0 Å². The summed E-state index contributed by atoms with van der Waals surface area (Å²) >= 11 is 5.88. The van der Waals surface area contributed by atoms with E-state index in [2.05, 4.69) is 0 Å². The van der Waals surface area contributed by atoms with Crippen LogP contribution in [-0.4, -0.2) is 12.0 Å². The van der Waals surface area contributed by atoms with Crippen LogP contribution in [0, 0.1) is 0 Å². The minimum atomic E-state index is -4.62. The molecule has 0 radical (unpaired) electrons. The molecule has 0 unspecified atom stereocenters. The molecule has 24 heavy (non-hydrogen) atoms. The summed E-state index contributed by atoms with van der Waals surface area (Å²) in [4.78, 5) is 24.9. The van der Waals surface area contributed by atoms with E-state index in [-0.39, 0.29) is 16.5 Å². The van der Waals surface area contributed by atoms with E-state index in [1.54, 1.807) is 6.92 Å². The summed E-state index contributed by atoms with van der Waals surface area (Å²) in [5, 5.41) is -0.152. The number of rotatable bonds is 4. The lowest BCUT2D eigenvalue weighted by Crippen LogP contribution is -2.29. The number of carbonyl (C=O) groups excluding carboxylic acids is 2. The number of hydrogen-bond donors (Lipinski definition) is 0. The molecule has 1 aliphatic rings. The molecular weight excluding hydrogens is 347 g/mol. The van der Waals surface area contributed by atoms with E-state index in [1.165, 1.54) is 0 Å². The van der Waals surface area contributed by atoms with Crippen molar-refractivity contribution in [3.05, 3.63) is 40.1 Å². The SMILES string of the molecule is CCCCC(C)=C1OC(=O)N(c2cc(C(F)(F)F)ccc2Cl)C1=O. The van der Waals surface area contributed by atoms with Crippen LogP contribution in [0.4, 0.5) is 23.7 Å². The first-order valence-electron chi connectivity index (χ1n) is 7.29. The zero-order valence-corrected chi connectivity index (χ0v) is 13.8. The Kier molecular flexibility index (Phi) is 5.22. The van der Waals surface area contributed by atoms with E-state index in [0.717, 1.165) is 25.0 Å². The second-order valence-electron chi connectivity index (χ2n) is 5.39. The highest BCUT2D eigenvalue weighted by molar-refractivity contribution is 6.36. The average Bonchev–Trinajstić information content (AvgIpc) is 2.79. The molecule has 2 amide bonds. The summed E-state index contributed by atoms with van der Waals surface area (Å²) in [5.74, 6) is -0.961. The van der Waals surface area contributed by atoms with Crippen LogP contribution in [-0.2, 0) is 15.7 Å². The molecule has 1 saturated heterocycles. The molecule has 1 aromatic rings. The van der Waals surface area contributed by atoms with Crippen LogP contribution in [0.25, 0.3) is 0 Å². The number of halogens is 4. The van der Waals surface area contributed by atoms with Crippen molar-refractivity contribution in [2.45, 2.75) is 39.3 Å². The van der Waals surface area contributed by atoms with Gasteiger partial charge in [-0.25, -0.2) is 9.69 Å². The van der Waals surface area contributed by atoms with E-state index in [4.69, 9.17) is 16.3 Å². The van der Waals surface area contributed by atoms with Gasteiger partial charge >= 0.3 is 18.2 Å². The van der Waals surface area contributed by atoms with Crippen molar-refractivity contribution in [3.8, 4) is 0 Å². The van der Waals surface area contributed by atoms with Crippen molar-refractivity contribution in [1.82, 2.24) is 0 Å². The highest BCUT2D eigenvalue weighted by atomic mass is 35.5. The number of carbonyl (C=O) groups is 2. The fourth-order valence-corrected chi connectivity index (χ4v) is 2.46. The van der Waals surface area contributed by atoms with Gasteiger partial charge in [-0.1, -0.05) is 24.9 Å². The molecule has 1 fully saturated rings. The van der Waals surface area contributed by atoms with Crippen LogP contribution < -0.4 is 4.90 Å². The molecule has 1 heterocycles. The number of alkyl halides is 3. The van der Waals surface area contributed by atoms with Gasteiger partial charge in [-0.05, 0) is 43.5 Å². The Morgan fingerprint density at radius 2 is 1.96 bits per heavy atom. The standard InChI is InChI=1S/C16H15ClF3NO3/c1-3-4-5-9(2)13-14(22)21(15(23)24-13)12-8-10(16(18,19)20)6-7-11(12)17/h6-8H,3-5H2,1-2H3. The van der Waals surface area contributed by atoms with Gasteiger partial charge < -0.3 is 4.74 Å². The first kappa shape index (κ1) is 18.3. The van der Waals surface area contributed by atoms with Crippen molar-refractivity contribution < 1.29 is 27.5 Å². The molecule has 0 atom stereocenters. The second kappa shape index (κ2) is 6.84. The van der Waals surface area contributed by atoms with E-state index in [1.807, 2.05) is 6.92 Å². The van der Waals surface area contributed by atoms with E-state index in [0.29, 0.717) is 23.0 Å². The molecule has 2 rings (SSSR count). The molecule has 4 nitrogen and oxygen atoms in total. The minimum absolute atomic E-state index is 0.151. The average molecular weight is 362 g/mol. The number of anilines is 1. The van der Waals surface area contributed by atoms with E-state index >= 15 is 0 Å². The van der Waals surface area contributed by atoms with Gasteiger partial charge in [0, 0.05) is 0 Å². The Morgan fingerprint density at radius 3 is 2.54 bits per heavy atom. The molecule has 1 aliphatic heterocycles. The summed E-state index contributed by atoms with van der Waals surface area (Å²) in [6, 6.07) is 2.43. The van der Waals surface area contributed by atoms with Crippen molar-refractivity contribution in [1.29, 1.82) is 0 Å². The Bertz CT molecular complexity index is 713. The van der Waals surface area contributed by atoms with Gasteiger partial charge in [-0.3, -0.25) is 4.79 Å². The number of benzene rings is 1. The van der Waals surface area contributed by atoms with Crippen molar-refractivity contribution in [2.75, 3.05) is 4.90 Å². The smallest absolute Gasteiger partial charge is 0.404 e. The van der Waals surface area contributed by atoms with Gasteiger partial charge in [-0.15, -0.1) is 0 Å². The van der Waals surface area contributed by atoms with Crippen molar-refractivity contribution >= 4 is 29.3 Å². The van der Waals surface area contributed by atoms with Crippen LogP contribution >= 0.6 is 11.6 Å². The fraction of sp³-hybridized carbons (Fsp3) is 0.375. The first-order valence-corrected chi connectivity index (χ1v) is 7.67. The van der Waals surface area contributed by atoms with Crippen molar-refractivity contribution in [2.24, 2.45) is 0 Å². The Balaban J connectivity index is 2.43. The maximum Gasteiger partial charge on any atom is 0.427 e. The second-order valence-corrected chi connectivity index (χ2v) is 5.79. The van der Waals surface area contributed by atoms with E-state index in [9.17, 15) is 22.8 Å². The lowest BCUT2D eigenvalue weighted by Gasteiger charge is -2.15. The van der Waals surface area contributed by atoms with Gasteiger partial charge in [-0.2, -0.15) is 13.2 Å². The number of unbranched alkanes of at least 4 members (excludes halogenated alkanes) is 1. The number of hydrogen-bond acceptors (Lipinski definition) is 3. The van der Waals surface area contributed by atoms with Crippen LogP contribution in [0.15, 0.2) is 29.5 Å². The molecule has 0 spiro atoms. The maximum atomic E-state index is 12.9. The third-order valence-corrected chi connectivity index (χ3v) is 3.90. The first-order chi connectivity index (χ1) is 11.2. The molecule has 0 bridgehead atoms. The topological polar surface area (TPSA) is 46.6 Å². The van der Waals surface area contributed by atoms with Gasteiger partial charge in [0.25, 0.3) is 0 Å². The fourth-order valence-electron chi connectivity index (χ4n) is 2.25.